The second-order valence-corrected chi connectivity index (χ2v) is 8.01. The number of halogens is 1. The molecule has 0 aromatic heterocycles. The molecule has 1 saturated heterocycles. The van der Waals surface area contributed by atoms with Crippen molar-refractivity contribution in [1.29, 1.82) is 0 Å². The van der Waals surface area contributed by atoms with Gasteiger partial charge in [-0.15, -0.1) is 24.0 Å². The summed E-state index contributed by atoms with van der Waals surface area (Å²) >= 11 is 0. The molecule has 152 valence electrons. The Morgan fingerprint density at radius 1 is 1.19 bits per heavy atom. The molecule has 0 unspecified atom stereocenters. The second-order valence-electron chi connectivity index (χ2n) is 8.01. The summed E-state index contributed by atoms with van der Waals surface area (Å²) in [6.07, 6.45) is 6.67. The molecule has 0 atom stereocenters. The molecule has 0 bridgehead atoms. The molecular formula is C19H38IN5O. The van der Waals surface area contributed by atoms with Crippen molar-refractivity contribution >= 4 is 35.8 Å². The van der Waals surface area contributed by atoms with E-state index in [1.807, 2.05) is 14.1 Å². The van der Waals surface area contributed by atoms with Crippen LogP contribution in [0.15, 0.2) is 4.99 Å². The minimum atomic E-state index is -0.292. The van der Waals surface area contributed by atoms with Gasteiger partial charge < -0.3 is 20.4 Å². The average molecular weight is 479 g/mol. The van der Waals surface area contributed by atoms with Gasteiger partial charge in [0.25, 0.3) is 0 Å². The number of nitrogens with zero attached hydrogens (tertiary/aromatic N) is 3. The van der Waals surface area contributed by atoms with Crippen LogP contribution in [-0.2, 0) is 4.79 Å². The van der Waals surface area contributed by atoms with Gasteiger partial charge in [0.15, 0.2) is 5.96 Å². The fourth-order valence-electron chi connectivity index (χ4n) is 4.05. The topological polar surface area (TPSA) is 60.0 Å². The molecule has 2 N–H and O–H groups in total. The number of amides is 1. The Kier molecular flexibility index (Phi) is 10.2. The van der Waals surface area contributed by atoms with Gasteiger partial charge in [0.1, 0.15) is 0 Å². The Morgan fingerprint density at radius 3 is 2.35 bits per heavy atom. The van der Waals surface area contributed by atoms with E-state index in [0.29, 0.717) is 12.5 Å². The lowest BCUT2D eigenvalue weighted by Gasteiger charge is -2.30. The Morgan fingerprint density at radius 2 is 1.81 bits per heavy atom. The Bertz CT molecular complexity index is 455. The molecule has 2 rings (SSSR count). The summed E-state index contributed by atoms with van der Waals surface area (Å²) in [6.45, 7) is 6.85. The van der Waals surface area contributed by atoms with Crippen molar-refractivity contribution in [2.75, 3.05) is 53.9 Å². The number of rotatable bonds is 6. The first kappa shape index (κ1) is 23.5. The maximum absolute atomic E-state index is 12.7. The fourth-order valence-corrected chi connectivity index (χ4v) is 4.05. The molecule has 2 fully saturated rings. The van der Waals surface area contributed by atoms with E-state index in [1.54, 1.807) is 4.90 Å². The van der Waals surface area contributed by atoms with E-state index in [0.717, 1.165) is 44.7 Å². The van der Waals surface area contributed by atoms with Crippen LogP contribution >= 0.6 is 24.0 Å². The van der Waals surface area contributed by atoms with E-state index in [9.17, 15) is 4.79 Å². The number of piperidine rings is 1. The summed E-state index contributed by atoms with van der Waals surface area (Å²) in [4.78, 5) is 21.6. The summed E-state index contributed by atoms with van der Waals surface area (Å²) in [5.41, 5.74) is -0.292. The summed E-state index contributed by atoms with van der Waals surface area (Å²) < 4.78 is 0. The number of carbonyl (C=O) groups is 1. The quantitative estimate of drug-likeness (QED) is 0.348. The molecule has 0 spiro atoms. The number of carbonyl (C=O) groups excluding carboxylic acids is 1. The lowest BCUT2D eigenvalue weighted by Crippen LogP contribution is -2.44. The van der Waals surface area contributed by atoms with Crippen molar-refractivity contribution in [3.05, 3.63) is 0 Å². The highest BCUT2D eigenvalue weighted by Crippen LogP contribution is 2.39. The molecule has 26 heavy (non-hydrogen) atoms. The second kappa shape index (κ2) is 11.3. The zero-order valence-corrected chi connectivity index (χ0v) is 19.3. The molecule has 1 aliphatic carbocycles. The molecule has 1 amide bonds. The van der Waals surface area contributed by atoms with E-state index in [4.69, 9.17) is 4.99 Å². The molecule has 0 aromatic carbocycles. The molecule has 7 heteroatoms. The van der Waals surface area contributed by atoms with Gasteiger partial charge in [0.2, 0.25) is 5.91 Å². The van der Waals surface area contributed by atoms with Crippen LogP contribution in [0.4, 0.5) is 0 Å². The van der Waals surface area contributed by atoms with Crippen molar-refractivity contribution in [3.63, 3.8) is 0 Å². The van der Waals surface area contributed by atoms with Crippen molar-refractivity contribution in [1.82, 2.24) is 20.4 Å². The Balaban J connectivity index is 0.00000338. The van der Waals surface area contributed by atoms with E-state index < -0.39 is 0 Å². The summed E-state index contributed by atoms with van der Waals surface area (Å²) in [5, 5.41) is 6.85. The number of aliphatic imine (C=N–C) groups is 1. The molecule has 0 aromatic rings. The van der Waals surface area contributed by atoms with Crippen LogP contribution in [0.1, 0.15) is 45.4 Å². The predicted octanol–water partition coefficient (Wildman–Crippen LogP) is 2.15. The smallest absolute Gasteiger partial charge is 0.230 e. The van der Waals surface area contributed by atoms with Gasteiger partial charge in [0, 0.05) is 27.2 Å². The first-order valence-electron chi connectivity index (χ1n) is 9.89. The highest BCUT2D eigenvalue weighted by Gasteiger charge is 2.42. The van der Waals surface area contributed by atoms with Gasteiger partial charge in [-0.25, -0.2) is 0 Å². The van der Waals surface area contributed by atoms with Crippen LogP contribution in [0.2, 0.25) is 0 Å². The van der Waals surface area contributed by atoms with Gasteiger partial charge in [-0.05, 0) is 58.7 Å². The normalized spacial score (nSPS) is 21.2. The van der Waals surface area contributed by atoms with Gasteiger partial charge in [0.05, 0.1) is 12.0 Å². The minimum absolute atomic E-state index is 0. The zero-order chi connectivity index (χ0) is 18.3. The van der Waals surface area contributed by atoms with Crippen molar-refractivity contribution in [3.8, 4) is 0 Å². The summed E-state index contributed by atoms with van der Waals surface area (Å²) in [5.74, 6) is 1.81. The van der Waals surface area contributed by atoms with Gasteiger partial charge in [-0.2, -0.15) is 0 Å². The van der Waals surface area contributed by atoms with Crippen LogP contribution in [0.3, 0.4) is 0 Å². The maximum Gasteiger partial charge on any atom is 0.230 e. The number of guanidine groups is 1. The first-order chi connectivity index (χ1) is 12.0. The SMILES string of the molecule is CCNC(=NCC1(C(=O)N(C)C)CCCC1)NCC1CCN(C)CC1.I. The van der Waals surface area contributed by atoms with Crippen LogP contribution in [0.25, 0.3) is 0 Å². The number of nitrogens with one attached hydrogen (secondary N) is 2. The van der Waals surface area contributed by atoms with E-state index in [2.05, 4.69) is 29.5 Å². The summed E-state index contributed by atoms with van der Waals surface area (Å²) in [6, 6.07) is 0. The Labute approximate surface area is 176 Å². The lowest BCUT2D eigenvalue weighted by molar-refractivity contribution is -0.138. The molecule has 2 aliphatic rings. The first-order valence-corrected chi connectivity index (χ1v) is 9.89. The molecule has 0 radical (unpaired) electrons. The third-order valence-corrected chi connectivity index (χ3v) is 5.70. The van der Waals surface area contributed by atoms with E-state index >= 15 is 0 Å². The monoisotopic (exact) mass is 479 g/mol. The molecular weight excluding hydrogens is 441 g/mol. The molecule has 1 heterocycles. The minimum Gasteiger partial charge on any atom is -0.357 e. The third-order valence-electron chi connectivity index (χ3n) is 5.70. The standard InChI is InChI=1S/C19H37N5O.HI/c1-5-20-18(21-14-16-8-12-24(4)13-9-16)22-15-19(10-6-7-11-19)17(25)23(2)3;/h16H,5-15H2,1-4H3,(H2,20,21,22);1H. The van der Waals surface area contributed by atoms with Crippen LogP contribution in [0, 0.1) is 11.3 Å². The molecule has 6 nitrogen and oxygen atoms in total. The van der Waals surface area contributed by atoms with Crippen molar-refractivity contribution in [2.45, 2.75) is 45.4 Å². The number of hydrogen-bond donors (Lipinski definition) is 2. The number of hydrogen-bond acceptors (Lipinski definition) is 3. The molecule has 1 aliphatic heterocycles. The molecule has 1 saturated carbocycles. The van der Waals surface area contributed by atoms with Crippen molar-refractivity contribution in [2.24, 2.45) is 16.3 Å². The fraction of sp³-hybridized carbons (Fsp3) is 0.895. The van der Waals surface area contributed by atoms with Gasteiger partial charge >= 0.3 is 0 Å². The zero-order valence-electron chi connectivity index (χ0n) is 17.0. The van der Waals surface area contributed by atoms with Crippen molar-refractivity contribution < 1.29 is 4.79 Å². The highest BCUT2D eigenvalue weighted by molar-refractivity contribution is 14.0. The highest BCUT2D eigenvalue weighted by atomic mass is 127. The predicted molar refractivity (Wildman–Crippen MR) is 119 cm³/mol. The largest absolute Gasteiger partial charge is 0.357 e. The average Bonchev–Trinajstić information content (AvgIpc) is 3.08. The summed E-state index contributed by atoms with van der Waals surface area (Å²) in [7, 11) is 5.91. The van der Waals surface area contributed by atoms with Gasteiger partial charge in [-0.3, -0.25) is 9.79 Å². The Hall–Kier alpha value is -0.570. The van der Waals surface area contributed by atoms with E-state index in [1.165, 1.54) is 25.9 Å². The van der Waals surface area contributed by atoms with Gasteiger partial charge in [-0.1, -0.05) is 12.8 Å². The number of likely N-dealkylation sites (tertiary alicyclic amines) is 1. The van der Waals surface area contributed by atoms with Crippen LogP contribution in [0.5, 0.6) is 0 Å². The van der Waals surface area contributed by atoms with Crippen LogP contribution < -0.4 is 10.6 Å². The van der Waals surface area contributed by atoms with Crippen LogP contribution in [-0.4, -0.2) is 75.5 Å². The third kappa shape index (κ3) is 6.55. The maximum atomic E-state index is 12.7. The van der Waals surface area contributed by atoms with E-state index in [-0.39, 0.29) is 35.3 Å². The lowest BCUT2D eigenvalue weighted by atomic mass is 9.85.